The van der Waals surface area contributed by atoms with Crippen LogP contribution in [0.1, 0.15) is 5.56 Å². The highest BCUT2D eigenvalue weighted by molar-refractivity contribution is 9.10. The standard InChI is InChI=1S/C13H16BrF2NO2S/c1-9-6-10(14)2-3-11(9)20-8-13(19)17(4-5-18)7-12(15)16/h2-3,6,12,18H,4-5,7-8H2,1H3. The maximum atomic E-state index is 12.4. The van der Waals surface area contributed by atoms with E-state index in [1.54, 1.807) is 0 Å². The summed E-state index contributed by atoms with van der Waals surface area (Å²) in [5.74, 6) is -0.318. The summed E-state index contributed by atoms with van der Waals surface area (Å²) in [6, 6.07) is 5.67. The number of amides is 1. The Morgan fingerprint density at radius 3 is 2.75 bits per heavy atom. The number of aliphatic hydroxyl groups is 1. The lowest BCUT2D eigenvalue weighted by atomic mass is 10.2. The first-order chi connectivity index (χ1) is 9.43. The van der Waals surface area contributed by atoms with Gasteiger partial charge in [-0.15, -0.1) is 11.8 Å². The molecule has 1 aromatic rings. The van der Waals surface area contributed by atoms with Gasteiger partial charge in [0, 0.05) is 15.9 Å². The Kier molecular flexibility index (Phi) is 7.47. The second-order valence-corrected chi connectivity index (χ2v) is 6.09. The van der Waals surface area contributed by atoms with E-state index in [-0.39, 0.29) is 18.9 Å². The summed E-state index contributed by atoms with van der Waals surface area (Å²) in [4.78, 5) is 13.8. The monoisotopic (exact) mass is 367 g/mol. The molecule has 0 spiro atoms. The number of benzene rings is 1. The molecule has 0 aliphatic carbocycles. The van der Waals surface area contributed by atoms with E-state index in [9.17, 15) is 13.6 Å². The third-order valence-electron chi connectivity index (χ3n) is 2.57. The van der Waals surface area contributed by atoms with Crippen molar-refractivity contribution in [1.29, 1.82) is 0 Å². The van der Waals surface area contributed by atoms with E-state index in [0.29, 0.717) is 0 Å². The second-order valence-electron chi connectivity index (χ2n) is 4.15. The molecule has 0 aliphatic heterocycles. The van der Waals surface area contributed by atoms with Crippen LogP contribution in [0.2, 0.25) is 0 Å². The molecule has 0 bridgehead atoms. The summed E-state index contributed by atoms with van der Waals surface area (Å²) in [7, 11) is 0. The number of thioether (sulfide) groups is 1. The van der Waals surface area contributed by atoms with Gasteiger partial charge in [0.15, 0.2) is 0 Å². The number of alkyl halides is 2. The van der Waals surface area contributed by atoms with Gasteiger partial charge in [0.2, 0.25) is 5.91 Å². The summed E-state index contributed by atoms with van der Waals surface area (Å²) in [5.41, 5.74) is 1.01. The van der Waals surface area contributed by atoms with Gasteiger partial charge in [0.05, 0.1) is 18.9 Å². The molecular weight excluding hydrogens is 352 g/mol. The van der Waals surface area contributed by atoms with Crippen LogP contribution >= 0.6 is 27.7 Å². The smallest absolute Gasteiger partial charge is 0.255 e. The number of rotatable bonds is 7. The number of aryl methyl sites for hydroxylation is 1. The Labute approximate surface area is 129 Å². The number of carbonyl (C=O) groups excluding carboxylic acids is 1. The largest absolute Gasteiger partial charge is 0.395 e. The molecule has 3 nitrogen and oxygen atoms in total. The first-order valence-electron chi connectivity index (χ1n) is 5.99. The molecule has 0 aliphatic rings. The van der Waals surface area contributed by atoms with Gasteiger partial charge in [0.25, 0.3) is 6.43 Å². The third kappa shape index (κ3) is 5.76. The maximum absolute atomic E-state index is 12.4. The molecule has 0 aromatic heterocycles. The van der Waals surface area contributed by atoms with E-state index in [0.717, 1.165) is 19.8 Å². The number of hydrogen-bond acceptors (Lipinski definition) is 3. The number of hydrogen-bond donors (Lipinski definition) is 1. The van der Waals surface area contributed by atoms with Gasteiger partial charge in [-0.2, -0.15) is 0 Å². The SMILES string of the molecule is Cc1cc(Br)ccc1SCC(=O)N(CCO)CC(F)F. The fourth-order valence-electron chi connectivity index (χ4n) is 1.61. The van der Waals surface area contributed by atoms with Gasteiger partial charge in [-0.1, -0.05) is 15.9 Å². The normalized spacial score (nSPS) is 10.9. The molecule has 112 valence electrons. The van der Waals surface area contributed by atoms with E-state index < -0.39 is 18.9 Å². The van der Waals surface area contributed by atoms with Crippen molar-refractivity contribution in [2.45, 2.75) is 18.2 Å². The molecule has 7 heteroatoms. The van der Waals surface area contributed by atoms with Crippen LogP contribution in [0.3, 0.4) is 0 Å². The molecule has 1 rings (SSSR count). The number of carbonyl (C=O) groups is 1. The Hall–Kier alpha value is -0.660. The minimum atomic E-state index is -2.59. The predicted molar refractivity (Wildman–Crippen MR) is 79.3 cm³/mol. The molecule has 0 heterocycles. The first-order valence-corrected chi connectivity index (χ1v) is 7.77. The minimum absolute atomic E-state index is 0.0664. The van der Waals surface area contributed by atoms with Crippen LogP contribution in [0, 0.1) is 6.92 Å². The zero-order chi connectivity index (χ0) is 15.1. The maximum Gasteiger partial charge on any atom is 0.255 e. The number of nitrogens with zero attached hydrogens (tertiary/aromatic N) is 1. The third-order valence-corrected chi connectivity index (χ3v) is 4.22. The minimum Gasteiger partial charge on any atom is -0.395 e. The van der Waals surface area contributed by atoms with Crippen LogP contribution in [0.5, 0.6) is 0 Å². The van der Waals surface area contributed by atoms with Crippen LogP contribution < -0.4 is 0 Å². The Balaban J connectivity index is 2.59. The Morgan fingerprint density at radius 2 is 2.20 bits per heavy atom. The van der Waals surface area contributed by atoms with Gasteiger partial charge >= 0.3 is 0 Å². The first kappa shape index (κ1) is 17.4. The number of aliphatic hydroxyl groups excluding tert-OH is 1. The number of halogens is 3. The molecule has 0 fully saturated rings. The molecule has 0 radical (unpaired) electrons. The van der Waals surface area contributed by atoms with Crippen molar-refractivity contribution in [3.8, 4) is 0 Å². The molecule has 1 aromatic carbocycles. The van der Waals surface area contributed by atoms with Crippen molar-refractivity contribution >= 4 is 33.6 Å². The molecule has 0 unspecified atom stereocenters. The topological polar surface area (TPSA) is 40.5 Å². The summed E-state index contributed by atoms with van der Waals surface area (Å²) in [6.45, 7) is 0.894. The van der Waals surface area contributed by atoms with Crippen molar-refractivity contribution < 1.29 is 18.7 Å². The molecule has 1 N–H and O–H groups in total. The average Bonchev–Trinajstić information content (AvgIpc) is 2.36. The predicted octanol–water partition coefficient (Wildman–Crippen LogP) is 2.94. The quantitative estimate of drug-likeness (QED) is 0.753. The highest BCUT2D eigenvalue weighted by Crippen LogP contribution is 2.25. The lowest BCUT2D eigenvalue weighted by Crippen LogP contribution is -2.38. The lowest BCUT2D eigenvalue weighted by molar-refractivity contribution is -0.130. The zero-order valence-corrected chi connectivity index (χ0v) is 13.4. The molecule has 0 saturated carbocycles. The van der Waals surface area contributed by atoms with Crippen molar-refractivity contribution in [2.24, 2.45) is 0 Å². The zero-order valence-electron chi connectivity index (χ0n) is 11.0. The molecule has 1 amide bonds. The Morgan fingerprint density at radius 1 is 1.50 bits per heavy atom. The van der Waals surface area contributed by atoms with Gasteiger partial charge in [-0.05, 0) is 30.7 Å². The highest BCUT2D eigenvalue weighted by atomic mass is 79.9. The highest BCUT2D eigenvalue weighted by Gasteiger charge is 2.18. The fourth-order valence-corrected chi connectivity index (χ4v) is 3.00. The van der Waals surface area contributed by atoms with Crippen LogP contribution in [-0.2, 0) is 4.79 Å². The Bertz CT molecular complexity index is 460. The molecule has 0 saturated heterocycles. The van der Waals surface area contributed by atoms with Gasteiger partial charge in [-0.3, -0.25) is 4.79 Å². The van der Waals surface area contributed by atoms with Crippen LogP contribution in [0.25, 0.3) is 0 Å². The van der Waals surface area contributed by atoms with E-state index >= 15 is 0 Å². The van der Waals surface area contributed by atoms with E-state index in [4.69, 9.17) is 5.11 Å². The second kappa shape index (κ2) is 8.59. The van der Waals surface area contributed by atoms with Crippen LogP contribution in [-0.4, -0.2) is 47.8 Å². The molecule has 0 atom stereocenters. The molecular formula is C13H16BrF2NO2S. The van der Waals surface area contributed by atoms with Crippen LogP contribution in [0.15, 0.2) is 27.6 Å². The lowest BCUT2D eigenvalue weighted by Gasteiger charge is -2.21. The average molecular weight is 368 g/mol. The van der Waals surface area contributed by atoms with Gasteiger partial charge in [-0.25, -0.2) is 8.78 Å². The van der Waals surface area contributed by atoms with Gasteiger partial charge < -0.3 is 10.0 Å². The van der Waals surface area contributed by atoms with Crippen molar-refractivity contribution in [1.82, 2.24) is 4.90 Å². The summed E-state index contributed by atoms with van der Waals surface area (Å²) in [6.07, 6.45) is -2.59. The van der Waals surface area contributed by atoms with Gasteiger partial charge in [0.1, 0.15) is 0 Å². The summed E-state index contributed by atoms with van der Waals surface area (Å²) < 4.78 is 25.7. The summed E-state index contributed by atoms with van der Waals surface area (Å²) in [5, 5.41) is 8.81. The summed E-state index contributed by atoms with van der Waals surface area (Å²) >= 11 is 4.66. The van der Waals surface area contributed by atoms with Crippen molar-refractivity contribution in [3.63, 3.8) is 0 Å². The fraction of sp³-hybridized carbons (Fsp3) is 0.462. The van der Waals surface area contributed by atoms with Crippen molar-refractivity contribution in [3.05, 3.63) is 28.2 Å². The van der Waals surface area contributed by atoms with Crippen LogP contribution in [0.4, 0.5) is 8.78 Å². The molecule has 20 heavy (non-hydrogen) atoms. The van der Waals surface area contributed by atoms with E-state index in [1.165, 1.54) is 11.8 Å². The van der Waals surface area contributed by atoms with E-state index in [1.807, 2.05) is 25.1 Å². The van der Waals surface area contributed by atoms with Crippen molar-refractivity contribution in [2.75, 3.05) is 25.4 Å². The van der Waals surface area contributed by atoms with E-state index in [2.05, 4.69) is 15.9 Å².